The third-order valence-corrected chi connectivity index (χ3v) is 1.69. The van der Waals surface area contributed by atoms with Crippen molar-refractivity contribution in [2.75, 3.05) is 0 Å². The number of halogens is 1. The molecule has 0 aliphatic heterocycles. The summed E-state index contributed by atoms with van der Waals surface area (Å²) in [6.07, 6.45) is 0.981. The van der Waals surface area contributed by atoms with Gasteiger partial charge in [0, 0.05) is 11.7 Å². The summed E-state index contributed by atoms with van der Waals surface area (Å²) in [5, 5.41) is 2.82. The molecular weight excluding hydrogens is 216 g/mol. The third kappa shape index (κ3) is 4.16. The fraction of sp³-hybridized carbons (Fsp3) is 0.400. The maximum absolute atomic E-state index is 11.4. The molecule has 1 amide bonds. The van der Waals surface area contributed by atoms with Crippen LogP contribution < -0.4 is 10.1 Å². The first kappa shape index (κ1) is 11.8. The third-order valence-electron chi connectivity index (χ3n) is 1.40. The van der Waals surface area contributed by atoms with Crippen LogP contribution in [0.2, 0.25) is 5.15 Å². The zero-order valence-corrected chi connectivity index (χ0v) is 9.63. The molecule has 1 heterocycles. The molecule has 82 valence electrons. The molecule has 0 bridgehead atoms. The van der Waals surface area contributed by atoms with Crippen molar-refractivity contribution in [1.82, 2.24) is 10.3 Å². The molecule has 0 aromatic carbocycles. The van der Waals surface area contributed by atoms with Crippen molar-refractivity contribution in [2.45, 2.75) is 26.3 Å². The molecule has 0 fully saturated rings. The Kier molecular flexibility index (Phi) is 3.52. The summed E-state index contributed by atoms with van der Waals surface area (Å²) in [4.78, 5) is 15.1. The standard InChI is InChI=1S/C10H13ClN2O2/c1-10(2,3)13-9(14)15-7-5-4-6-12-8(7)11/h4-6H,1-3H3,(H,13,14). The van der Waals surface area contributed by atoms with Crippen LogP contribution in [0.1, 0.15) is 20.8 Å². The molecule has 1 aromatic heterocycles. The van der Waals surface area contributed by atoms with Crippen LogP contribution in [-0.2, 0) is 0 Å². The van der Waals surface area contributed by atoms with E-state index < -0.39 is 6.09 Å². The van der Waals surface area contributed by atoms with E-state index in [-0.39, 0.29) is 16.4 Å². The lowest BCUT2D eigenvalue weighted by Gasteiger charge is -2.19. The van der Waals surface area contributed by atoms with E-state index in [1.165, 1.54) is 6.20 Å². The summed E-state index contributed by atoms with van der Waals surface area (Å²) < 4.78 is 4.98. The fourth-order valence-corrected chi connectivity index (χ4v) is 1.04. The summed E-state index contributed by atoms with van der Waals surface area (Å²) in [5.74, 6) is 0.251. The second kappa shape index (κ2) is 4.49. The Morgan fingerprint density at radius 1 is 1.53 bits per heavy atom. The first-order chi connectivity index (χ1) is 6.88. The second-order valence-corrected chi connectivity index (χ2v) is 4.41. The van der Waals surface area contributed by atoms with Gasteiger partial charge in [0.1, 0.15) is 0 Å². The van der Waals surface area contributed by atoms with Gasteiger partial charge in [-0.25, -0.2) is 9.78 Å². The minimum Gasteiger partial charge on any atom is -0.407 e. The van der Waals surface area contributed by atoms with E-state index in [9.17, 15) is 4.79 Å². The molecule has 0 radical (unpaired) electrons. The molecule has 1 rings (SSSR count). The van der Waals surface area contributed by atoms with E-state index in [4.69, 9.17) is 16.3 Å². The maximum Gasteiger partial charge on any atom is 0.413 e. The van der Waals surface area contributed by atoms with Gasteiger partial charge in [0.15, 0.2) is 10.9 Å². The number of carbonyl (C=O) groups is 1. The van der Waals surface area contributed by atoms with Crippen molar-refractivity contribution in [3.63, 3.8) is 0 Å². The zero-order valence-electron chi connectivity index (χ0n) is 8.87. The first-order valence-electron chi connectivity index (χ1n) is 4.49. The molecule has 0 aliphatic rings. The Labute approximate surface area is 93.6 Å². The van der Waals surface area contributed by atoms with E-state index in [1.54, 1.807) is 12.1 Å². The van der Waals surface area contributed by atoms with Gasteiger partial charge in [0.2, 0.25) is 0 Å². The Morgan fingerprint density at radius 2 is 2.20 bits per heavy atom. The smallest absolute Gasteiger partial charge is 0.407 e. The van der Waals surface area contributed by atoms with E-state index in [0.29, 0.717) is 0 Å². The highest BCUT2D eigenvalue weighted by Gasteiger charge is 2.16. The summed E-state index contributed by atoms with van der Waals surface area (Å²) in [5.41, 5.74) is -0.341. The van der Waals surface area contributed by atoms with Crippen LogP contribution >= 0.6 is 11.6 Å². The fourth-order valence-electron chi connectivity index (χ4n) is 0.879. The largest absolute Gasteiger partial charge is 0.413 e. The highest BCUT2D eigenvalue weighted by atomic mass is 35.5. The lowest BCUT2D eigenvalue weighted by molar-refractivity contribution is 0.190. The minimum absolute atomic E-state index is 0.168. The number of carbonyl (C=O) groups excluding carboxylic acids is 1. The number of hydrogen-bond donors (Lipinski definition) is 1. The van der Waals surface area contributed by atoms with Gasteiger partial charge in [0.05, 0.1) is 0 Å². The van der Waals surface area contributed by atoms with Crippen LogP contribution in [0.5, 0.6) is 5.75 Å². The molecule has 0 saturated carbocycles. The molecule has 4 nitrogen and oxygen atoms in total. The molecule has 0 unspecified atom stereocenters. The van der Waals surface area contributed by atoms with Crippen LogP contribution in [0.4, 0.5) is 4.79 Å². The predicted molar refractivity (Wildman–Crippen MR) is 58.2 cm³/mol. The number of nitrogens with one attached hydrogen (secondary N) is 1. The number of rotatable bonds is 1. The topological polar surface area (TPSA) is 51.2 Å². The van der Waals surface area contributed by atoms with Crippen LogP contribution in [0, 0.1) is 0 Å². The highest BCUT2D eigenvalue weighted by molar-refractivity contribution is 6.30. The van der Waals surface area contributed by atoms with Crippen molar-refractivity contribution in [3.05, 3.63) is 23.5 Å². The molecule has 15 heavy (non-hydrogen) atoms. The quantitative estimate of drug-likeness (QED) is 0.752. The van der Waals surface area contributed by atoms with Gasteiger partial charge >= 0.3 is 6.09 Å². The number of aromatic nitrogens is 1. The van der Waals surface area contributed by atoms with Crippen molar-refractivity contribution >= 4 is 17.7 Å². The summed E-state index contributed by atoms with van der Waals surface area (Å²) >= 11 is 5.72. The average molecular weight is 229 g/mol. The molecule has 0 saturated heterocycles. The van der Waals surface area contributed by atoms with Gasteiger partial charge in [-0.1, -0.05) is 11.6 Å². The van der Waals surface area contributed by atoms with Gasteiger partial charge < -0.3 is 10.1 Å². The van der Waals surface area contributed by atoms with E-state index in [0.717, 1.165) is 0 Å². The van der Waals surface area contributed by atoms with Crippen molar-refractivity contribution in [3.8, 4) is 5.75 Å². The van der Waals surface area contributed by atoms with Gasteiger partial charge in [-0.15, -0.1) is 0 Å². The van der Waals surface area contributed by atoms with Gasteiger partial charge in [-0.05, 0) is 32.9 Å². The Hall–Kier alpha value is -1.29. The first-order valence-corrected chi connectivity index (χ1v) is 4.87. The molecule has 0 atom stereocenters. The average Bonchev–Trinajstić information content (AvgIpc) is 2.05. The van der Waals surface area contributed by atoms with Crippen LogP contribution in [0.15, 0.2) is 18.3 Å². The molecule has 5 heteroatoms. The van der Waals surface area contributed by atoms with E-state index in [2.05, 4.69) is 10.3 Å². The van der Waals surface area contributed by atoms with Crippen LogP contribution in [0.3, 0.4) is 0 Å². The van der Waals surface area contributed by atoms with Gasteiger partial charge in [-0.3, -0.25) is 0 Å². The van der Waals surface area contributed by atoms with Crippen molar-refractivity contribution < 1.29 is 9.53 Å². The Bertz CT molecular complexity index is 361. The lowest BCUT2D eigenvalue weighted by Crippen LogP contribution is -2.42. The minimum atomic E-state index is -0.544. The zero-order chi connectivity index (χ0) is 11.5. The Balaban J connectivity index is 2.64. The number of amides is 1. The molecular formula is C10H13ClN2O2. The van der Waals surface area contributed by atoms with Crippen LogP contribution in [0.25, 0.3) is 0 Å². The second-order valence-electron chi connectivity index (χ2n) is 4.06. The molecule has 0 aliphatic carbocycles. The SMILES string of the molecule is CC(C)(C)NC(=O)Oc1cccnc1Cl. The van der Waals surface area contributed by atoms with Crippen molar-refractivity contribution in [2.24, 2.45) is 0 Å². The summed E-state index contributed by atoms with van der Waals surface area (Å²) in [7, 11) is 0. The van der Waals surface area contributed by atoms with E-state index >= 15 is 0 Å². The predicted octanol–water partition coefficient (Wildman–Crippen LogP) is 2.62. The van der Waals surface area contributed by atoms with Gasteiger partial charge in [-0.2, -0.15) is 0 Å². The number of nitrogens with zero attached hydrogens (tertiary/aromatic N) is 1. The monoisotopic (exact) mass is 228 g/mol. The summed E-state index contributed by atoms with van der Waals surface area (Å²) in [6, 6.07) is 3.23. The maximum atomic E-state index is 11.4. The van der Waals surface area contributed by atoms with Crippen molar-refractivity contribution in [1.29, 1.82) is 0 Å². The van der Waals surface area contributed by atoms with Gasteiger partial charge in [0.25, 0.3) is 0 Å². The highest BCUT2D eigenvalue weighted by Crippen LogP contribution is 2.20. The summed E-state index contributed by atoms with van der Waals surface area (Å²) in [6.45, 7) is 5.58. The molecule has 0 spiro atoms. The number of pyridine rings is 1. The number of hydrogen-bond acceptors (Lipinski definition) is 3. The molecule has 1 aromatic rings. The molecule has 1 N–H and O–H groups in total. The van der Waals surface area contributed by atoms with Crippen LogP contribution in [-0.4, -0.2) is 16.6 Å². The Morgan fingerprint density at radius 3 is 2.73 bits per heavy atom. The number of ether oxygens (including phenoxy) is 1. The van der Waals surface area contributed by atoms with E-state index in [1.807, 2.05) is 20.8 Å². The normalized spacial score (nSPS) is 10.9. The lowest BCUT2D eigenvalue weighted by atomic mass is 10.1.